The minimum absolute atomic E-state index is 0.0271. The first-order valence-corrected chi connectivity index (χ1v) is 9.34. The number of hydrogen-bond acceptors (Lipinski definition) is 4. The predicted octanol–water partition coefficient (Wildman–Crippen LogP) is 2.19. The Morgan fingerprint density at radius 2 is 2.12 bits per heavy atom. The summed E-state index contributed by atoms with van der Waals surface area (Å²) in [7, 11) is 1.68. The van der Waals surface area contributed by atoms with Crippen molar-refractivity contribution in [3.63, 3.8) is 0 Å². The monoisotopic (exact) mass is 355 g/mol. The molecule has 0 radical (unpaired) electrons. The van der Waals surface area contributed by atoms with Crippen molar-refractivity contribution in [2.75, 3.05) is 18.4 Å². The third kappa shape index (κ3) is 2.91. The number of carbonyl (C=O) groups excluding carboxylic acids is 1. The molecule has 1 atom stereocenters. The molecule has 1 amide bonds. The molecule has 2 fully saturated rings. The zero-order chi connectivity index (χ0) is 18.3. The van der Waals surface area contributed by atoms with E-state index in [-0.39, 0.29) is 17.9 Å². The van der Waals surface area contributed by atoms with Crippen LogP contribution in [-0.4, -0.2) is 45.5 Å². The van der Waals surface area contributed by atoms with Crippen LogP contribution in [0.15, 0.2) is 34.1 Å². The number of nitrogens with one attached hydrogen (secondary N) is 1. The lowest BCUT2D eigenvalue weighted by atomic mass is 10.0. The molecule has 1 unspecified atom stereocenters. The summed E-state index contributed by atoms with van der Waals surface area (Å²) in [5.41, 5.74) is 0.349. The zero-order valence-corrected chi connectivity index (χ0v) is 15.3. The van der Waals surface area contributed by atoms with Crippen LogP contribution < -0.4 is 11.0 Å². The van der Waals surface area contributed by atoms with Crippen LogP contribution in [0.4, 0.5) is 10.6 Å². The molecule has 3 aliphatic rings. The minimum Gasteiger partial charge on any atom is -0.347 e. The van der Waals surface area contributed by atoms with Crippen LogP contribution >= 0.6 is 0 Å². The Morgan fingerprint density at radius 3 is 2.81 bits per heavy atom. The van der Waals surface area contributed by atoms with Crippen molar-refractivity contribution < 1.29 is 4.79 Å². The first kappa shape index (κ1) is 16.9. The standard InChI is InChI=1S/C19H25N5O2/c1-3-4-5-6-7-13-11-23(12-13)19(26)24-17-15(22(2)18(24)25)10-20-16(21-17)14-8-9-14/h4-7,10,13-14,16,21H,3,8-9,11-12H2,1-2H3/b5-4-,7-6+. The molecule has 3 heterocycles. The number of aliphatic imine (C=N–C) groups is 1. The largest absolute Gasteiger partial charge is 0.347 e. The van der Waals surface area contributed by atoms with E-state index in [1.54, 1.807) is 18.2 Å². The van der Waals surface area contributed by atoms with Crippen molar-refractivity contribution >= 4 is 18.1 Å². The Kier molecular flexibility index (Phi) is 4.30. The summed E-state index contributed by atoms with van der Waals surface area (Å²) in [6.07, 6.45) is 13.3. The SMILES string of the molecule is CC/C=C\C=C\C1CN(C(=O)n2c3c(n(C)c2=O)C=NC(C2CC2)N3)C1. The van der Waals surface area contributed by atoms with E-state index in [0.29, 0.717) is 36.4 Å². The average molecular weight is 355 g/mol. The Balaban J connectivity index is 1.49. The number of aromatic nitrogens is 2. The van der Waals surface area contributed by atoms with Crippen LogP contribution in [-0.2, 0) is 7.05 Å². The first-order valence-electron chi connectivity index (χ1n) is 9.34. The van der Waals surface area contributed by atoms with Gasteiger partial charge in [0.25, 0.3) is 0 Å². The van der Waals surface area contributed by atoms with E-state index in [0.717, 1.165) is 19.3 Å². The van der Waals surface area contributed by atoms with Crippen molar-refractivity contribution in [3.05, 3.63) is 40.5 Å². The maximum absolute atomic E-state index is 12.9. The van der Waals surface area contributed by atoms with E-state index in [2.05, 4.69) is 29.4 Å². The lowest BCUT2D eigenvalue weighted by molar-refractivity contribution is 0.142. The van der Waals surface area contributed by atoms with Gasteiger partial charge in [-0.15, -0.1) is 0 Å². The van der Waals surface area contributed by atoms with E-state index < -0.39 is 0 Å². The average Bonchev–Trinajstić information content (AvgIpc) is 3.41. The van der Waals surface area contributed by atoms with Gasteiger partial charge in [-0.05, 0) is 25.2 Å². The van der Waals surface area contributed by atoms with Crippen LogP contribution in [0.5, 0.6) is 0 Å². The van der Waals surface area contributed by atoms with Gasteiger partial charge in [-0.2, -0.15) is 4.57 Å². The predicted molar refractivity (Wildman–Crippen MR) is 102 cm³/mol. The summed E-state index contributed by atoms with van der Waals surface area (Å²) in [6, 6.07) is -0.252. The van der Waals surface area contributed by atoms with Gasteiger partial charge < -0.3 is 10.2 Å². The zero-order valence-electron chi connectivity index (χ0n) is 15.3. The highest BCUT2D eigenvalue weighted by Crippen LogP contribution is 2.36. The van der Waals surface area contributed by atoms with Crippen LogP contribution in [0, 0.1) is 11.8 Å². The second-order valence-electron chi connectivity index (χ2n) is 7.28. The molecule has 138 valence electrons. The maximum Gasteiger partial charge on any atom is 0.338 e. The summed E-state index contributed by atoms with van der Waals surface area (Å²) in [5.74, 6) is 1.44. The number of likely N-dealkylation sites (tertiary alicyclic amines) is 1. The number of nitrogens with zero attached hydrogens (tertiary/aromatic N) is 4. The third-order valence-electron chi connectivity index (χ3n) is 5.25. The molecule has 1 aromatic rings. The van der Waals surface area contributed by atoms with Crippen molar-refractivity contribution in [1.29, 1.82) is 0 Å². The van der Waals surface area contributed by atoms with Gasteiger partial charge in [-0.25, -0.2) is 9.59 Å². The second-order valence-corrected chi connectivity index (χ2v) is 7.28. The number of hydrogen-bond donors (Lipinski definition) is 1. The molecule has 1 saturated heterocycles. The van der Waals surface area contributed by atoms with Crippen LogP contribution in [0.1, 0.15) is 31.9 Å². The highest BCUT2D eigenvalue weighted by Gasteiger charge is 2.37. The highest BCUT2D eigenvalue weighted by molar-refractivity contribution is 5.91. The van der Waals surface area contributed by atoms with Crippen molar-refractivity contribution in [2.45, 2.75) is 32.4 Å². The van der Waals surface area contributed by atoms with Crippen LogP contribution in [0.2, 0.25) is 0 Å². The minimum atomic E-state index is -0.319. The quantitative estimate of drug-likeness (QED) is 0.842. The van der Waals surface area contributed by atoms with Crippen LogP contribution in [0.25, 0.3) is 0 Å². The third-order valence-corrected chi connectivity index (χ3v) is 5.25. The second kappa shape index (κ2) is 6.63. The Morgan fingerprint density at radius 1 is 1.35 bits per heavy atom. The number of rotatable bonds is 4. The molecule has 7 nitrogen and oxygen atoms in total. The molecule has 1 aromatic heterocycles. The van der Waals surface area contributed by atoms with E-state index in [9.17, 15) is 9.59 Å². The summed E-state index contributed by atoms with van der Waals surface area (Å²) < 4.78 is 2.76. The Hall–Kier alpha value is -2.57. The van der Waals surface area contributed by atoms with Gasteiger partial charge in [-0.3, -0.25) is 9.56 Å². The molecule has 0 aromatic carbocycles. The van der Waals surface area contributed by atoms with Gasteiger partial charge in [0.1, 0.15) is 17.7 Å². The van der Waals surface area contributed by atoms with Gasteiger partial charge in [-0.1, -0.05) is 31.2 Å². The number of anilines is 1. The van der Waals surface area contributed by atoms with Gasteiger partial charge in [0.2, 0.25) is 0 Å². The molecule has 0 spiro atoms. The summed E-state index contributed by atoms with van der Waals surface area (Å²) >= 11 is 0. The summed E-state index contributed by atoms with van der Waals surface area (Å²) in [5, 5.41) is 3.31. The smallest absolute Gasteiger partial charge is 0.338 e. The topological polar surface area (TPSA) is 71.6 Å². The first-order chi connectivity index (χ1) is 12.6. The van der Waals surface area contributed by atoms with Crippen molar-refractivity contribution in [1.82, 2.24) is 14.0 Å². The molecular weight excluding hydrogens is 330 g/mol. The van der Waals surface area contributed by atoms with Gasteiger partial charge in [0.05, 0.1) is 6.21 Å². The number of allylic oxidation sites excluding steroid dienone is 3. The molecule has 0 bridgehead atoms. The number of imidazole rings is 1. The normalized spacial score (nSPS) is 22.7. The molecular formula is C19H25N5O2. The van der Waals surface area contributed by atoms with Crippen molar-refractivity contribution in [2.24, 2.45) is 23.9 Å². The Labute approximate surface area is 152 Å². The molecule has 26 heavy (non-hydrogen) atoms. The molecule has 4 rings (SSSR count). The van der Waals surface area contributed by atoms with Gasteiger partial charge >= 0.3 is 11.7 Å². The fourth-order valence-corrected chi connectivity index (χ4v) is 3.43. The highest BCUT2D eigenvalue weighted by atomic mass is 16.2. The lowest BCUT2D eigenvalue weighted by Gasteiger charge is -2.37. The Bertz CT molecular complexity index is 850. The fraction of sp³-hybridized carbons (Fsp3) is 0.526. The van der Waals surface area contributed by atoms with E-state index in [4.69, 9.17) is 0 Å². The van der Waals surface area contributed by atoms with Gasteiger partial charge in [0.15, 0.2) is 0 Å². The number of carbonyl (C=O) groups is 1. The van der Waals surface area contributed by atoms with Gasteiger partial charge in [0, 0.05) is 26.1 Å². The molecule has 7 heteroatoms. The van der Waals surface area contributed by atoms with Crippen molar-refractivity contribution in [3.8, 4) is 0 Å². The number of fused-ring (bicyclic) bond motifs is 1. The van der Waals surface area contributed by atoms with E-state index in [1.807, 2.05) is 12.2 Å². The summed E-state index contributed by atoms with van der Waals surface area (Å²) in [6.45, 7) is 3.38. The molecule has 1 N–H and O–H groups in total. The lowest BCUT2D eigenvalue weighted by Crippen LogP contribution is -2.52. The fourth-order valence-electron chi connectivity index (χ4n) is 3.43. The number of amides is 1. The summed E-state index contributed by atoms with van der Waals surface area (Å²) in [4.78, 5) is 31.7. The molecule has 1 saturated carbocycles. The van der Waals surface area contributed by atoms with E-state index >= 15 is 0 Å². The maximum atomic E-state index is 12.9. The molecule has 2 aliphatic heterocycles. The molecule has 1 aliphatic carbocycles. The van der Waals surface area contributed by atoms with Crippen LogP contribution in [0.3, 0.4) is 0 Å². The van der Waals surface area contributed by atoms with E-state index in [1.165, 1.54) is 9.13 Å².